The molecule has 3 aromatic rings. The lowest BCUT2D eigenvalue weighted by Gasteiger charge is -2.25. The van der Waals surface area contributed by atoms with Gasteiger partial charge in [-0.2, -0.15) is 0 Å². The van der Waals surface area contributed by atoms with Gasteiger partial charge in [0.05, 0.1) is 22.1 Å². The number of anilines is 2. The van der Waals surface area contributed by atoms with Crippen LogP contribution < -0.4 is 15.3 Å². The highest BCUT2D eigenvalue weighted by Gasteiger charge is 2.30. The SMILES string of the molecule is [B]c1cncc(N2CCc3nc(-c4cnc(N5CCCC5)c(Br)c4)sc3C2=O)c1. The van der Waals surface area contributed by atoms with Crippen molar-refractivity contribution in [2.75, 3.05) is 29.4 Å². The highest BCUT2D eigenvalue weighted by atomic mass is 79.9. The van der Waals surface area contributed by atoms with Crippen LogP contribution in [0.1, 0.15) is 28.2 Å². The second kappa shape index (κ2) is 7.53. The lowest BCUT2D eigenvalue weighted by atomic mass is 9.98. The maximum Gasteiger partial charge on any atom is 0.270 e. The van der Waals surface area contributed by atoms with Gasteiger partial charge in [0, 0.05) is 44.0 Å². The first kappa shape index (κ1) is 18.8. The molecule has 144 valence electrons. The fraction of sp³-hybridized carbons (Fsp3) is 0.300. The average Bonchev–Trinajstić information content (AvgIpc) is 3.38. The molecule has 2 radical (unpaired) electrons. The second-order valence-corrected chi connectivity index (χ2v) is 9.06. The predicted molar refractivity (Wildman–Crippen MR) is 119 cm³/mol. The molecule has 0 atom stereocenters. The Labute approximate surface area is 182 Å². The van der Waals surface area contributed by atoms with Crippen LogP contribution in [0, 0.1) is 0 Å². The zero-order chi connectivity index (χ0) is 20.0. The van der Waals surface area contributed by atoms with Crippen LogP contribution in [0.15, 0.2) is 35.2 Å². The zero-order valence-corrected chi connectivity index (χ0v) is 18.0. The number of carbonyl (C=O) groups is 1. The van der Waals surface area contributed by atoms with Gasteiger partial charge in [0.15, 0.2) is 0 Å². The lowest BCUT2D eigenvalue weighted by Crippen LogP contribution is -2.37. The molecular weight excluding hydrogens is 449 g/mol. The Bertz CT molecular complexity index is 1100. The molecule has 1 saturated heterocycles. The van der Waals surface area contributed by atoms with E-state index >= 15 is 0 Å². The third-order valence-electron chi connectivity index (χ3n) is 5.24. The Balaban J connectivity index is 1.44. The molecule has 0 aromatic carbocycles. The van der Waals surface area contributed by atoms with E-state index < -0.39 is 0 Å². The van der Waals surface area contributed by atoms with Crippen LogP contribution in [0.4, 0.5) is 11.5 Å². The number of thiazole rings is 1. The third-order valence-corrected chi connectivity index (χ3v) is 6.96. The number of nitrogens with zero attached hydrogens (tertiary/aromatic N) is 5. The molecule has 0 unspecified atom stereocenters. The molecule has 0 saturated carbocycles. The van der Waals surface area contributed by atoms with E-state index in [4.69, 9.17) is 12.8 Å². The zero-order valence-electron chi connectivity index (χ0n) is 15.6. The van der Waals surface area contributed by atoms with Crippen molar-refractivity contribution in [3.8, 4) is 10.6 Å². The Hall–Kier alpha value is -2.26. The summed E-state index contributed by atoms with van der Waals surface area (Å²) in [6.07, 6.45) is 8.20. The van der Waals surface area contributed by atoms with Gasteiger partial charge < -0.3 is 9.80 Å². The van der Waals surface area contributed by atoms with Crippen molar-refractivity contribution in [1.29, 1.82) is 0 Å². The van der Waals surface area contributed by atoms with Gasteiger partial charge in [0.1, 0.15) is 23.5 Å². The smallest absolute Gasteiger partial charge is 0.270 e. The fourth-order valence-corrected chi connectivity index (χ4v) is 5.44. The van der Waals surface area contributed by atoms with E-state index in [-0.39, 0.29) is 5.91 Å². The molecule has 3 aromatic heterocycles. The number of hydrogen-bond donors (Lipinski definition) is 0. The highest BCUT2D eigenvalue weighted by molar-refractivity contribution is 9.10. The van der Waals surface area contributed by atoms with Gasteiger partial charge in [-0.1, -0.05) is 5.46 Å². The van der Waals surface area contributed by atoms with Gasteiger partial charge in [0.25, 0.3) is 5.91 Å². The Morgan fingerprint density at radius 1 is 1.10 bits per heavy atom. The molecule has 1 amide bonds. The summed E-state index contributed by atoms with van der Waals surface area (Å²) in [4.78, 5) is 31.3. The highest BCUT2D eigenvalue weighted by Crippen LogP contribution is 2.36. The summed E-state index contributed by atoms with van der Waals surface area (Å²) in [7, 11) is 5.83. The standard InChI is InChI=1S/C20H17BBrN5OS/c21-13-8-14(11-23-10-13)27-6-3-16-17(20(27)28)29-19(25-16)12-7-15(22)18(24-9-12)26-4-1-2-5-26/h7-11H,1-6H2. The van der Waals surface area contributed by atoms with Gasteiger partial charge >= 0.3 is 0 Å². The van der Waals surface area contributed by atoms with E-state index in [0.717, 1.165) is 45.3 Å². The van der Waals surface area contributed by atoms with Gasteiger partial charge in [0.2, 0.25) is 0 Å². The van der Waals surface area contributed by atoms with E-state index in [2.05, 4.69) is 36.9 Å². The average molecular weight is 466 g/mol. The van der Waals surface area contributed by atoms with Crippen molar-refractivity contribution >= 4 is 58.0 Å². The number of carbonyl (C=O) groups excluding carboxylic acids is 1. The van der Waals surface area contributed by atoms with Crippen LogP contribution in [0.3, 0.4) is 0 Å². The molecule has 5 rings (SSSR count). The molecular formula is C20H17BBrN5OS. The molecule has 9 heteroatoms. The minimum atomic E-state index is -0.0527. The van der Waals surface area contributed by atoms with Crippen molar-refractivity contribution in [3.05, 3.63) is 45.8 Å². The largest absolute Gasteiger partial charge is 0.356 e. The quantitative estimate of drug-likeness (QED) is 0.556. The monoisotopic (exact) mass is 465 g/mol. The van der Waals surface area contributed by atoms with Crippen molar-refractivity contribution in [3.63, 3.8) is 0 Å². The van der Waals surface area contributed by atoms with Crippen LogP contribution in [0.25, 0.3) is 10.6 Å². The van der Waals surface area contributed by atoms with Gasteiger partial charge in [-0.3, -0.25) is 9.78 Å². The normalized spacial score (nSPS) is 16.4. The van der Waals surface area contributed by atoms with Gasteiger partial charge in [-0.05, 0) is 40.9 Å². The number of aromatic nitrogens is 3. The van der Waals surface area contributed by atoms with E-state index in [1.807, 2.05) is 6.20 Å². The molecule has 2 aliphatic heterocycles. The molecule has 0 spiro atoms. The van der Waals surface area contributed by atoms with Crippen molar-refractivity contribution < 1.29 is 4.79 Å². The molecule has 29 heavy (non-hydrogen) atoms. The van der Waals surface area contributed by atoms with Crippen LogP contribution in [0.5, 0.6) is 0 Å². The fourth-order valence-electron chi connectivity index (χ4n) is 3.80. The molecule has 6 nitrogen and oxygen atoms in total. The summed E-state index contributed by atoms with van der Waals surface area (Å²) >= 11 is 5.08. The second-order valence-electron chi connectivity index (χ2n) is 7.20. The predicted octanol–water partition coefficient (Wildman–Crippen LogP) is 2.96. The first-order chi connectivity index (χ1) is 14.1. The van der Waals surface area contributed by atoms with E-state index in [1.54, 1.807) is 23.4 Å². The Morgan fingerprint density at radius 2 is 1.93 bits per heavy atom. The molecule has 0 bridgehead atoms. The number of fused-ring (bicyclic) bond motifs is 1. The summed E-state index contributed by atoms with van der Waals surface area (Å²) in [5, 5.41) is 0.817. The molecule has 1 fully saturated rings. The first-order valence-corrected chi connectivity index (χ1v) is 11.1. The number of pyridine rings is 2. The van der Waals surface area contributed by atoms with Gasteiger partial charge in [-0.15, -0.1) is 11.3 Å². The summed E-state index contributed by atoms with van der Waals surface area (Å²) < 4.78 is 0.962. The number of hydrogen-bond acceptors (Lipinski definition) is 6. The summed E-state index contributed by atoms with van der Waals surface area (Å²) in [5.74, 6) is 0.923. The Morgan fingerprint density at radius 3 is 2.69 bits per heavy atom. The van der Waals surface area contributed by atoms with Crippen LogP contribution in [-0.2, 0) is 6.42 Å². The maximum atomic E-state index is 13.1. The summed E-state index contributed by atoms with van der Waals surface area (Å²) in [6.45, 7) is 2.65. The molecule has 0 N–H and O–H groups in total. The first-order valence-electron chi connectivity index (χ1n) is 9.53. The minimum absolute atomic E-state index is 0.0527. The van der Waals surface area contributed by atoms with Crippen LogP contribution in [0.2, 0.25) is 0 Å². The van der Waals surface area contributed by atoms with E-state index in [0.29, 0.717) is 23.3 Å². The third kappa shape index (κ3) is 3.46. The van der Waals surface area contributed by atoms with E-state index in [1.165, 1.54) is 24.2 Å². The molecule has 0 aliphatic carbocycles. The number of halogens is 1. The topological polar surface area (TPSA) is 62.2 Å². The minimum Gasteiger partial charge on any atom is -0.356 e. The summed E-state index contributed by atoms with van der Waals surface area (Å²) in [5.41, 5.74) is 3.03. The lowest BCUT2D eigenvalue weighted by molar-refractivity contribution is 0.0984. The number of amides is 1. The van der Waals surface area contributed by atoms with Crippen molar-refractivity contribution in [2.45, 2.75) is 19.3 Å². The van der Waals surface area contributed by atoms with Gasteiger partial charge in [-0.25, -0.2) is 9.97 Å². The molecule has 5 heterocycles. The summed E-state index contributed by atoms with van der Waals surface area (Å²) in [6, 6.07) is 3.82. The Kier molecular flexibility index (Phi) is 4.87. The van der Waals surface area contributed by atoms with Crippen molar-refractivity contribution in [1.82, 2.24) is 15.0 Å². The molecule has 2 aliphatic rings. The van der Waals surface area contributed by atoms with Crippen LogP contribution >= 0.6 is 27.3 Å². The van der Waals surface area contributed by atoms with Crippen molar-refractivity contribution in [2.24, 2.45) is 0 Å². The van der Waals surface area contributed by atoms with Crippen LogP contribution in [-0.4, -0.2) is 48.3 Å². The maximum absolute atomic E-state index is 13.1. The number of rotatable bonds is 3. The van der Waals surface area contributed by atoms with E-state index in [9.17, 15) is 4.79 Å².